The normalized spacial score (nSPS) is 33.9. The van der Waals surface area contributed by atoms with Gasteiger partial charge in [-0.1, -0.05) is 0 Å². The molecule has 0 spiro atoms. The van der Waals surface area contributed by atoms with Crippen LogP contribution in [0.15, 0.2) is 12.3 Å². The van der Waals surface area contributed by atoms with E-state index in [0.29, 0.717) is 6.41 Å². The van der Waals surface area contributed by atoms with Gasteiger partial charge in [0.05, 0.1) is 6.61 Å². The van der Waals surface area contributed by atoms with E-state index in [2.05, 4.69) is 5.32 Å². The van der Waals surface area contributed by atoms with Gasteiger partial charge in [0.25, 0.3) is 5.72 Å². The highest BCUT2D eigenvalue weighted by atomic mass is 16.6. The molecule has 1 aliphatic rings. The summed E-state index contributed by atoms with van der Waals surface area (Å²) in [6, 6.07) is 1.84. The van der Waals surface area contributed by atoms with Crippen LogP contribution < -0.4 is 5.32 Å². The van der Waals surface area contributed by atoms with Gasteiger partial charge in [-0.15, -0.1) is 0 Å². The summed E-state index contributed by atoms with van der Waals surface area (Å²) in [4.78, 5) is 11.4. The number of rotatable bonds is 4. The van der Waals surface area contributed by atoms with Crippen LogP contribution in [0.25, 0.3) is 0 Å². The lowest BCUT2D eigenvalue weighted by Gasteiger charge is -2.39. The lowest BCUT2D eigenvalue weighted by molar-refractivity contribution is -0.156. The number of nitriles is 1. The average Bonchev–Trinajstić information content (AvgIpc) is 2.59. The zero-order chi connectivity index (χ0) is 14.7. The summed E-state index contributed by atoms with van der Waals surface area (Å²) in [5.41, 5.74) is -3.55. The van der Waals surface area contributed by atoms with Gasteiger partial charge < -0.3 is 25.2 Å². The summed E-state index contributed by atoms with van der Waals surface area (Å²) in [5, 5.41) is 38.6. The highest BCUT2D eigenvalue weighted by Gasteiger charge is 2.61. The first-order chi connectivity index (χ1) is 8.81. The molecule has 8 nitrogen and oxygen atoms in total. The highest BCUT2D eigenvalue weighted by molar-refractivity contribution is 5.96. The van der Waals surface area contributed by atoms with Crippen molar-refractivity contribution in [3.8, 4) is 6.07 Å². The maximum Gasteiger partial charge on any atom is 0.262 e. The molecule has 0 aromatic carbocycles. The third-order valence-corrected chi connectivity index (χ3v) is 3.11. The third-order valence-electron chi connectivity index (χ3n) is 3.11. The first kappa shape index (κ1) is 15.1. The Kier molecular flexibility index (Phi) is 4.26. The van der Waals surface area contributed by atoms with Gasteiger partial charge in [0, 0.05) is 13.2 Å². The second-order valence-corrected chi connectivity index (χ2v) is 4.33. The molecule has 104 valence electrons. The molecule has 0 unspecified atom stereocenters. The van der Waals surface area contributed by atoms with Gasteiger partial charge in [-0.2, -0.15) is 5.26 Å². The molecule has 4 N–H and O–H groups in total. The minimum atomic E-state index is -1.79. The second kappa shape index (κ2) is 5.36. The largest absolute Gasteiger partial charge is 0.387 e. The lowest BCUT2D eigenvalue weighted by Crippen LogP contribution is -2.60. The first-order valence-corrected chi connectivity index (χ1v) is 5.47. The van der Waals surface area contributed by atoms with Crippen LogP contribution in [0.2, 0.25) is 0 Å². The van der Waals surface area contributed by atoms with Crippen molar-refractivity contribution < 1.29 is 19.7 Å². The molecule has 1 rings (SSSR count). The Morgan fingerprint density at radius 2 is 2.37 bits per heavy atom. The smallest absolute Gasteiger partial charge is 0.262 e. The summed E-state index contributed by atoms with van der Waals surface area (Å²) in [6.45, 7) is 1.12. The van der Waals surface area contributed by atoms with Crippen molar-refractivity contribution in [2.45, 2.75) is 24.4 Å². The molecule has 0 radical (unpaired) electrons. The van der Waals surface area contributed by atoms with Crippen molar-refractivity contribution >= 4 is 12.2 Å². The van der Waals surface area contributed by atoms with Crippen LogP contribution in [0.4, 0.5) is 0 Å². The fourth-order valence-electron chi connectivity index (χ4n) is 1.82. The minimum absolute atomic E-state index is 0.178. The standard InChI is InChI=1S/C11H16N4O4/c1-10(18)8(17)5-19-11(10,6-12)15(2)4-3-9(13)14-7-16/h3-4,7-8,17-18H,5H2,1-2H3,(H2,13,14,16)/b4-3-/t8-,10-,11-/m1/s1. The Balaban J connectivity index is 2.96. The van der Waals surface area contributed by atoms with E-state index in [-0.39, 0.29) is 12.4 Å². The number of carbonyl (C=O) groups is 1. The molecule has 8 heteroatoms. The molecule has 0 saturated carbocycles. The summed E-state index contributed by atoms with van der Waals surface area (Å²) >= 11 is 0. The van der Waals surface area contributed by atoms with E-state index in [0.717, 1.165) is 0 Å². The molecule has 0 aromatic rings. The van der Waals surface area contributed by atoms with Gasteiger partial charge in [0.2, 0.25) is 6.41 Å². The zero-order valence-electron chi connectivity index (χ0n) is 10.6. The topological polar surface area (TPSA) is 130 Å². The summed E-state index contributed by atoms with van der Waals surface area (Å²) in [5.74, 6) is -0.187. The van der Waals surface area contributed by atoms with E-state index in [4.69, 9.17) is 10.1 Å². The molecule has 3 atom stereocenters. The van der Waals surface area contributed by atoms with Crippen LogP contribution in [0.1, 0.15) is 6.92 Å². The van der Waals surface area contributed by atoms with E-state index in [9.17, 15) is 20.3 Å². The number of aliphatic hydroxyl groups is 2. The van der Waals surface area contributed by atoms with Gasteiger partial charge in [0.15, 0.2) is 5.60 Å². The number of hydrogen-bond donors (Lipinski definition) is 4. The first-order valence-electron chi connectivity index (χ1n) is 5.47. The van der Waals surface area contributed by atoms with Crippen LogP contribution in [0.5, 0.6) is 0 Å². The number of ether oxygens (including phenoxy) is 1. The van der Waals surface area contributed by atoms with Crippen LogP contribution in [0, 0.1) is 16.7 Å². The number of nitrogens with zero attached hydrogens (tertiary/aromatic N) is 2. The molecule has 0 bridgehead atoms. The van der Waals surface area contributed by atoms with E-state index in [1.807, 2.05) is 6.07 Å². The molecule has 1 aliphatic heterocycles. The van der Waals surface area contributed by atoms with Gasteiger partial charge >= 0.3 is 0 Å². The van der Waals surface area contributed by atoms with E-state index < -0.39 is 17.4 Å². The molecule has 1 amide bonds. The second-order valence-electron chi connectivity index (χ2n) is 4.33. The monoisotopic (exact) mass is 268 g/mol. The molecule has 1 saturated heterocycles. The van der Waals surface area contributed by atoms with E-state index in [1.165, 1.54) is 31.1 Å². The Bertz CT molecular complexity index is 442. The molecule has 19 heavy (non-hydrogen) atoms. The van der Waals surface area contributed by atoms with Crippen molar-refractivity contribution in [2.75, 3.05) is 13.7 Å². The predicted molar refractivity (Wildman–Crippen MR) is 64.8 cm³/mol. The Hall–Kier alpha value is -1.95. The van der Waals surface area contributed by atoms with Crippen LogP contribution in [-0.4, -0.2) is 58.4 Å². The fraction of sp³-hybridized carbons (Fsp3) is 0.545. The van der Waals surface area contributed by atoms with Crippen LogP contribution in [-0.2, 0) is 9.53 Å². The molecule has 0 aromatic heterocycles. The van der Waals surface area contributed by atoms with Gasteiger partial charge in [-0.3, -0.25) is 10.2 Å². The lowest BCUT2D eigenvalue weighted by atomic mass is 9.89. The van der Waals surface area contributed by atoms with E-state index in [1.54, 1.807) is 0 Å². The summed E-state index contributed by atoms with van der Waals surface area (Å²) in [7, 11) is 1.46. The van der Waals surface area contributed by atoms with Crippen molar-refractivity contribution in [1.82, 2.24) is 10.2 Å². The number of nitrogens with one attached hydrogen (secondary N) is 2. The van der Waals surface area contributed by atoms with Crippen molar-refractivity contribution in [2.24, 2.45) is 0 Å². The van der Waals surface area contributed by atoms with E-state index >= 15 is 0 Å². The molecule has 1 heterocycles. The quantitative estimate of drug-likeness (QED) is 0.279. The number of aliphatic hydroxyl groups excluding tert-OH is 1. The predicted octanol–water partition coefficient (Wildman–Crippen LogP) is -1.48. The Labute approximate surface area is 110 Å². The summed E-state index contributed by atoms with van der Waals surface area (Å²) < 4.78 is 5.22. The highest BCUT2D eigenvalue weighted by Crippen LogP contribution is 2.38. The number of amides is 1. The summed E-state index contributed by atoms with van der Waals surface area (Å²) in [6.07, 6.45) is 1.67. The Morgan fingerprint density at radius 3 is 2.79 bits per heavy atom. The molecular formula is C11H16N4O4. The van der Waals surface area contributed by atoms with Gasteiger partial charge in [-0.25, -0.2) is 0 Å². The minimum Gasteiger partial charge on any atom is -0.387 e. The Morgan fingerprint density at radius 1 is 1.74 bits per heavy atom. The number of carbonyl (C=O) groups excluding carboxylic acids is 1. The zero-order valence-corrected chi connectivity index (χ0v) is 10.6. The van der Waals surface area contributed by atoms with Crippen molar-refractivity contribution in [3.05, 3.63) is 12.3 Å². The van der Waals surface area contributed by atoms with Crippen molar-refractivity contribution in [3.63, 3.8) is 0 Å². The third kappa shape index (κ3) is 2.44. The van der Waals surface area contributed by atoms with Gasteiger partial charge in [0.1, 0.15) is 18.0 Å². The van der Waals surface area contributed by atoms with Gasteiger partial charge in [-0.05, 0) is 13.0 Å². The maximum absolute atomic E-state index is 10.2. The molecule has 0 aliphatic carbocycles. The SMILES string of the molecule is CN(/C=C\C(=N)NC=O)[C@]1(C#N)OC[C@@H](O)[C@@]1(C)O. The maximum atomic E-state index is 10.2. The number of hydrogen-bond acceptors (Lipinski definition) is 7. The number of likely N-dealkylation sites (N-methyl/N-ethyl adjacent to an activating group) is 1. The molecule has 1 fully saturated rings. The molecular weight excluding hydrogens is 252 g/mol. The van der Waals surface area contributed by atoms with Crippen molar-refractivity contribution in [1.29, 1.82) is 10.7 Å². The number of amidine groups is 1. The van der Waals surface area contributed by atoms with Crippen LogP contribution >= 0.6 is 0 Å². The average molecular weight is 268 g/mol. The fourth-order valence-corrected chi connectivity index (χ4v) is 1.82. The van der Waals surface area contributed by atoms with Crippen LogP contribution in [0.3, 0.4) is 0 Å².